The first-order valence-electron chi connectivity index (χ1n) is 5.22. The molecule has 0 atom stereocenters. The van der Waals surface area contributed by atoms with Gasteiger partial charge in [0.1, 0.15) is 5.75 Å². The number of aromatic nitrogens is 1. The zero-order chi connectivity index (χ0) is 10.8. The molecule has 78 valence electrons. The third-order valence-corrected chi connectivity index (χ3v) is 2.43. The third-order valence-electron chi connectivity index (χ3n) is 2.43. The van der Waals surface area contributed by atoms with Crippen molar-refractivity contribution >= 4 is 10.9 Å². The highest BCUT2D eigenvalue weighted by atomic mass is 16.5. The van der Waals surface area contributed by atoms with Crippen LogP contribution in [0.4, 0.5) is 0 Å². The van der Waals surface area contributed by atoms with Gasteiger partial charge >= 0.3 is 0 Å². The van der Waals surface area contributed by atoms with Crippen LogP contribution in [0.2, 0.25) is 0 Å². The lowest BCUT2D eigenvalue weighted by molar-refractivity contribution is 0.344. The number of para-hydroxylation sites is 1. The summed E-state index contributed by atoms with van der Waals surface area (Å²) in [5, 5.41) is 1.10. The maximum absolute atomic E-state index is 5.61. The SMILES string of the molecule is CCOc1cc(C)nc2c(C)cccc12. The lowest BCUT2D eigenvalue weighted by Gasteiger charge is -2.09. The summed E-state index contributed by atoms with van der Waals surface area (Å²) in [7, 11) is 0. The second kappa shape index (κ2) is 3.89. The van der Waals surface area contributed by atoms with E-state index in [1.54, 1.807) is 0 Å². The van der Waals surface area contributed by atoms with Crippen molar-refractivity contribution in [2.45, 2.75) is 20.8 Å². The largest absolute Gasteiger partial charge is 0.493 e. The van der Waals surface area contributed by atoms with E-state index in [2.05, 4.69) is 24.0 Å². The molecule has 0 saturated heterocycles. The number of nitrogens with zero attached hydrogens (tertiary/aromatic N) is 1. The predicted octanol–water partition coefficient (Wildman–Crippen LogP) is 3.25. The zero-order valence-electron chi connectivity index (χ0n) is 9.37. The molecule has 0 aliphatic rings. The Bertz CT molecular complexity index is 491. The first kappa shape index (κ1) is 9.97. The van der Waals surface area contributed by atoms with Crippen LogP contribution in [0.15, 0.2) is 24.3 Å². The lowest BCUT2D eigenvalue weighted by atomic mass is 10.1. The first-order valence-corrected chi connectivity index (χ1v) is 5.22. The van der Waals surface area contributed by atoms with Crippen LogP contribution >= 0.6 is 0 Å². The highest BCUT2D eigenvalue weighted by Gasteiger charge is 2.05. The monoisotopic (exact) mass is 201 g/mol. The van der Waals surface area contributed by atoms with E-state index in [1.165, 1.54) is 5.56 Å². The number of hydrogen-bond donors (Lipinski definition) is 0. The normalized spacial score (nSPS) is 10.6. The molecule has 1 aromatic heterocycles. The number of benzene rings is 1. The summed E-state index contributed by atoms with van der Waals surface area (Å²) in [6.07, 6.45) is 0. The van der Waals surface area contributed by atoms with Gasteiger partial charge in [0, 0.05) is 17.1 Å². The van der Waals surface area contributed by atoms with E-state index in [0.717, 1.165) is 22.3 Å². The second-order valence-electron chi connectivity index (χ2n) is 3.67. The number of pyridine rings is 1. The molecular formula is C13H15NO. The van der Waals surface area contributed by atoms with Gasteiger partial charge in [-0.3, -0.25) is 4.98 Å². The summed E-state index contributed by atoms with van der Waals surface area (Å²) >= 11 is 0. The summed E-state index contributed by atoms with van der Waals surface area (Å²) in [6.45, 7) is 6.75. The van der Waals surface area contributed by atoms with Crippen molar-refractivity contribution in [2.24, 2.45) is 0 Å². The van der Waals surface area contributed by atoms with Gasteiger partial charge in [0.05, 0.1) is 12.1 Å². The van der Waals surface area contributed by atoms with Gasteiger partial charge in [-0.1, -0.05) is 12.1 Å². The molecule has 2 aromatic rings. The molecular weight excluding hydrogens is 186 g/mol. The van der Waals surface area contributed by atoms with Crippen molar-refractivity contribution in [2.75, 3.05) is 6.61 Å². The van der Waals surface area contributed by atoms with Gasteiger partial charge in [-0.2, -0.15) is 0 Å². The fraction of sp³-hybridized carbons (Fsp3) is 0.308. The molecule has 0 unspecified atom stereocenters. The van der Waals surface area contributed by atoms with Gasteiger partial charge in [0.2, 0.25) is 0 Å². The van der Waals surface area contributed by atoms with Crippen molar-refractivity contribution < 1.29 is 4.74 Å². The van der Waals surface area contributed by atoms with E-state index >= 15 is 0 Å². The van der Waals surface area contributed by atoms with E-state index in [0.29, 0.717) is 6.61 Å². The van der Waals surface area contributed by atoms with Crippen LogP contribution in [-0.4, -0.2) is 11.6 Å². The van der Waals surface area contributed by atoms with Crippen molar-refractivity contribution in [3.63, 3.8) is 0 Å². The Balaban J connectivity index is 2.74. The molecule has 0 N–H and O–H groups in total. The Labute approximate surface area is 89.9 Å². The number of hydrogen-bond acceptors (Lipinski definition) is 2. The van der Waals surface area contributed by atoms with Gasteiger partial charge < -0.3 is 4.74 Å². The van der Waals surface area contributed by atoms with Gasteiger partial charge in [-0.25, -0.2) is 0 Å². The van der Waals surface area contributed by atoms with Crippen LogP contribution < -0.4 is 4.74 Å². The van der Waals surface area contributed by atoms with Crippen molar-refractivity contribution in [3.05, 3.63) is 35.5 Å². The number of aryl methyl sites for hydroxylation is 2. The average Bonchev–Trinajstić information content (AvgIpc) is 2.20. The summed E-state index contributed by atoms with van der Waals surface area (Å²) in [6, 6.07) is 8.16. The van der Waals surface area contributed by atoms with E-state index in [9.17, 15) is 0 Å². The second-order valence-corrected chi connectivity index (χ2v) is 3.67. The van der Waals surface area contributed by atoms with Crippen molar-refractivity contribution in [1.29, 1.82) is 0 Å². The molecule has 0 fully saturated rings. The molecule has 1 aromatic carbocycles. The van der Waals surface area contributed by atoms with Crippen LogP contribution in [0.3, 0.4) is 0 Å². The molecule has 0 radical (unpaired) electrons. The van der Waals surface area contributed by atoms with Crippen LogP contribution in [0.1, 0.15) is 18.2 Å². The molecule has 0 bridgehead atoms. The highest BCUT2D eigenvalue weighted by molar-refractivity contribution is 5.87. The molecule has 2 nitrogen and oxygen atoms in total. The summed E-state index contributed by atoms with van der Waals surface area (Å²) < 4.78 is 5.61. The lowest BCUT2D eigenvalue weighted by Crippen LogP contribution is -1.95. The van der Waals surface area contributed by atoms with Crippen molar-refractivity contribution in [1.82, 2.24) is 4.98 Å². The van der Waals surface area contributed by atoms with Crippen LogP contribution in [-0.2, 0) is 0 Å². The Morgan fingerprint density at radius 3 is 2.80 bits per heavy atom. The average molecular weight is 201 g/mol. The van der Waals surface area contributed by atoms with Crippen molar-refractivity contribution in [3.8, 4) is 5.75 Å². The summed E-state index contributed by atoms with van der Waals surface area (Å²) in [4.78, 5) is 4.54. The quantitative estimate of drug-likeness (QED) is 0.744. The van der Waals surface area contributed by atoms with E-state index in [1.807, 2.05) is 26.0 Å². The van der Waals surface area contributed by atoms with Crippen LogP contribution in [0.25, 0.3) is 10.9 Å². The minimum Gasteiger partial charge on any atom is -0.493 e. The predicted molar refractivity (Wildman–Crippen MR) is 62.4 cm³/mol. The minimum absolute atomic E-state index is 0.687. The smallest absolute Gasteiger partial charge is 0.130 e. The maximum Gasteiger partial charge on any atom is 0.130 e. The molecule has 1 heterocycles. The van der Waals surface area contributed by atoms with Crippen LogP contribution in [0, 0.1) is 13.8 Å². The molecule has 2 rings (SSSR count). The molecule has 0 aliphatic carbocycles. The molecule has 0 aliphatic heterocycles. The highest BCUT2D eigenvalue weighted by Crippen LogP contribution is 2.27. The number of fused-ring (bicyclic) bond motifs is 1. The van der Waals surface area contributed by atoms with E-state index in [4.69, 9.17) is 4.74 Å². The number of ether oxygens (including phenoxy) is 1. The topological polar surface area (TPSA) is 22.1 Å². The first-order chi connectivity index (χ1) is 7.22. The molecule has 0 amide bonds. The van der Waals surface area contributed by atoms with Gasteiger partial charge in [0.25, 0.3) is 0 Å². The summed E-state index contributed by atoms with van der Waals surface area (Å²) in [5.41, 5.74) is 3.23. The minimum atomic E-state index is 0.687. The van der Waals surface area contributed by atoms with E-state index < -0.39 is 0 Å². The Kier molecular flexibility index (Phi) is 2.58. The Hall–Kier alpha value is -1.57. The molecule has 15 heavy (non-hydrogen) atoms. The maximum atomic E-state index is 5.61. The molecule has 2 heteroatoms. The van der Waals surface area contributed by atoms with Gasteiger partial charge in [0.15, 0.2) is 0 Å². The van der Waals surface area contributed by atoms with Gasteiger partial charge in [-0.05, 0) is 32.4 Å². The Morgan fingerprint density at radius 2 is 2.07 bits per heavy atom. The summed E-state index contributed by atoms with van der Waals surface area (Å²) in [5.74, 6) is 0.934. The standard InChI is InChI=1S/C13H15NO/c1-4-15-12-8-10(3)14-13-9(2)6-5-7-11(12)13/h5-8H,4H2,1-3H3. The molecule has 0 spiro atoms. The van der Waals surface area contributed by atoms with E-state index in [-0.39, 0.29) is 0 Å². The third kappa shape index (κ3) is 1.80. The number of rotatable bonds is 2. The Morgan fingerprint density at radius 1 is 1.27 bits per heavy atom. The fourth-order valence-corrected chi connectivity index (χ4v) is 1.76. The zero-order valence-corrected chi connectivity index (χ0v) is 9.37. The van der Waals surface area contributed by atoms with Gasteiger partial charge in [-0.15, -0.1) is 0 Å². The fourth-order valence-electron chi connectivity index (χ4n) is 1.76. The molecule has 0 saturated carbocycles. The van der Waals surface area contributed by atoms with Crippen LogP contribution in [0.5, 0.6) is 5.75 Å².